The summed E-state index contributed by atoms with van der Waals surface area (Å²) in [5.41, 5.74) is 0. The van der Waals surface area contributed by atoms with E-state index in [-0.39, 0.29) is 24.5 Å². The van der Waals surface area contributed by atoms with Gasteiger partial charge in [0.1, 0.15) is 6.04 Å². The molecule has 0 saturated carbocycles. The van der Waals surface area contributed by atoms with Crippen LogP contribution in [0.3, 0.4) is 0 Å². The molecule has 1 fully saturated rings. The first kappa shape index (κ1) is 15.0. The number of methoxy groups -OCH3 is 1. The molecule has 1 aliphatic rings. The minimum atomic E-state index is -0.269. The number of nitrogens with one attached hydrogen (secondary N) is 1. The summed E-state index contributed by atoms with van der Waals surface area (Å²) >= 11 is 1.68. The topological polar surface area (TPSA) is 58.6 Å². The number of aryl methyl sites for hydroxylation is 1. The molecule has 0 radical (unpaired) electrons. The van der Waals surface area contributed by atoms with Gasteiger partial charge in [-0.25, -0.2) is 0 Å². The van der Waals surface area contributed by atoms with Crippen molar-refractivity contribution in [1.29, 1.82) is 0 Å². The van der Waals surface area contributed by atoms with Gasteiger partial charge in [0.2, 0.25) is 5.91 Å². The highest BCUT2D eigenvalue weighted by Crippen LogP contribution is 2.18. The molecule has 0 unspecified atom stereocenters. The Labute approximate surface area is 122 Å². The van der Waals surface area contributed by atoms with E-state index in [1.54, 1.807) is 11.3 Å². The molecule has 1 aromatic rings. The normalized spacial score (nSPS) is 19.0. The lowest BCUT2D eigenvalue weighted by molar-refractivity contribution is -0.146. The second-order valence-corrected chi connectivity index (χ2v) is 6.31. The SMILES string of the molecule is COC(=O)[C@H]1CCCN1CC(=O)NCc1ccc(C)s1. The highest BCUT2D eigenvalue weighted by atomic mass is 32.1. The molecule has 5 nitrogen and oxygen atoms in total. The number of nitrogens with zero attached hydrogens (tertiary/aromatic N) is 1. The van der Waals surface area contributed by atoms with Crippen LogP contribution in [0.15, 0.2) is 12.1 Å². The summed E-state index contributed by atoms with van der Waals surface area (Å²) in [5, 5.41) is 2.89. The molecule has 110 valence electrons. The number of likely N-dealkylation sites (tertiary alicyclic amines) is 1. The zero-order chi connectivity index (χ0) is 14.5. The molecule has 2 rings (SSSR count). The van der Waals surface area contributed by atoms with Crippen LogP contribution in [0.1, 0.15) is 22.6 Å². The van der Waals surface area contributed by atoms with Gasteiger partial charge in [-0.1, -0.05) is 0 Å². The van der Waals surface area contributed by atoms with Crippen LogP contribution in [-0.2, 0) is 20.9 Å². The first-order valence-electron chi connectivity index (χ1n) is 6.74. The van der Waals surface area contributed by atoms with Crippen molar-refractivity contribution in [2.24, 2.45) is 0 Å². The van der Waals surface area contributed by atoms with Crippen LogP contribution in [0.2, 0.25) is 0 Å². The zero-order valence-corrected chi connectivity index (χ0v) is 12.7. The Morgan fingerprint density at radius 3 is 2.95 bits per heavy atom. The second kappa shape index (κ2) is 6.85. The number of rotatable bonds is 5. The van der Waals surface area contributed by atoms with Gasteiger partial charge in [-0.3, -0.25) is 14.5 Å². The van der Waals surface area contributed by atoms with Crippen LogP contribution >= 0.6 is 11.3 Å². The fourth-order valence-electron chi connectivity index (χ4n) is 2.42. The first-order valence-corrected chi connectivity index (χ1v) is 7.55. The van der Waals surface area contributed by atoms with Crippen molar-refractivity contribution in [3.63, 3.8) is 0 Å². The van der Waals surface area contributed by atoms with Gasteiger partial charge in [-0.2, -0.15) is 0 Å². The largest absolute Gasteiger partial charge is 0.468 e. The number of hydrogen-bond donors (Lipinski definition) is 1. The van der Waals surface area contributed by atoms with Crippen molar-refractivity contribution in [2.45, 2.75) is 32.4 Å². The molecule has 1 aromatic heterocycles. The van der Waals surface area contributed by atoms with Gasteiger partial charge in [0.05, 0.1) is 20.2 Å². The average Bonchev–Trinajstić information content (AvgIpc) is 3.04. The molecule has 0 aromatic carbocycles. The summed E-state index contributed by atoms with van der Waals surface area (Å²) in [5.74, 6) is -0.295. The highest BCUT2D eigenvalue weighted by Gasteiger charge is 2.32. The molecule has 1 aliphatic heterocycles. The zero-order valence-electron chi connectivity index (χ0n) is 11.8. The molecule has 0 spiro atoms. The van der Waals surface area contributed by atoms with Gasteiger partial charge in [-0.05, 0) is 38.4 Å². The van der Waals surface area contributed by atoms with Crippen molar-refractivity contribution >= 4 is 23.2 Å². The van der Waals surface area contributed by atoms with Crippen LogP contribution < -0.4 is 5.32 Å². The lowest BCUT2D eigenvalue weighted by Gasteiger charge is -2.21. The lowest BCUT2D eigenvalue weighted by Crippen LogP contribution is -2.43. The molecular weight excluding hydrogens is 276 g/mol. The number of ether oxygens (including phenoxy) is 1. The van der Waals surface area contributed by atoms with Gasteiger partial charge >= 0.3 is 5.97 Å². The van der Waals surface area contributed by atoms with Crippen LogP contribution in [0, 0.1) is 6.92 Å². The highest BCUT2D eigenvalue weighted by molar-refractivity contribution is 7.11. The van der Waals surface area contributed by atoms with Gasteiger partial charge < -0.3 is 10.1 Å². The van der Waals surface area contributed by atoms with Gasteiger partial charge in [0.25, 0.3) is 0 Å². The number of amides is 1. The van der Waals surface area contributed by atoms with E-state index >= 15 is 0 Å². The van der Waals surface area contributed by atoms with Gasteiger partial charge in [-0.15, -0.1) is 11.3 Å². The van der Waals surface area contributed by atoms with E-state index in [2.05, 4.69) is 5.32 Å². The Morgan fingerprint density at radius 1 is 1.50 bits per heavy atom. The maximum absolute atomic E-state index is 11.9. The number of thiophene rings is 1. The van der Waals surface area contributed by atoms with E-state index < -0.39 is 0 Å². The smallest absolute Gasteiger partial charge is 0.323 e. The summed E-state index contributed by atoms with van der Waals surface area (Å²) in [6.45, 7) is 3.62. The first-order chi connectivity index (χ1) is 9.60. The maximum Gasteiger partial charge on any atom is 0.323 e. The van der Waals surface area contributed by atoms with E-state index in [0.29, 0.717) is 6.54 Å². The van der Waals surface area contributed by atoms with Crippen LogP contribution in [0.5, 0.6) is 0 Å². The monoisotopic (exact) mass is 296 g/mol. The molecule has 0 bridgehead atoms. The Kier molecular flexibility index (Phi) is 5.14. The number of carbonyl (C=O) groups excluding carboxylic acids is 2. The summed E-state index contributed by atoms with van der Waals surface area (Å²) in [7, 11) is 1.39. The van der Waals surface area contributed by atoms with Crippen molar-refractivity contribution in [3.05, 3.63) is 21.9 Å². The van der Waals surface area contributed by atoms with Gasteiger partial charge in [0.15, 0.2) is 0 Å². The quantitative estimate of drug-likeness (QED) is 0.832. The minimum absolute atomic E-state index is 0.0492. The standard InChI is InChI=1S/C14H20N2O3S/c1-10-5-6-11(20-10)8-15-13(17)9-16-7-3-4-12(16)14(18)19-2/h5-6,12H,3-4,7-9H2,1-2H3,(H,15,17)/t12-/m1/s1. The van der Waals surface area contributed by atoms with Gasteiger partial charge in [0, 0.05) is 9.75 Å². The molecule has 1 N–H and O–H groups in total. The van der Waals surface area contributed by atoms with E-state index in [1.807, 2.05) is 24.0 Å². The molecular formula is C14H20N2O3S. The average molecular weight is 296 g/mol. The van der Waals surface area contributed by atoms with Crippen molar-refractivity contribution in [1.82, 2.24) is 10.2 Å². The van der Waals surface area contributed by atoms with Crippen molar-refractivity contribution in [2.75, 3.05) is 20.2 Å². The summed E-state index contributed by atoms with van der Waals surface area (Å²) in [4.78, 5) is 27.8. The number of hydrogen-bond acceptors (Lipinski definition) is 5. The Morgan fingerprint density at radius 2 is 2.30 bits per heavy atom. The predicted molar refractivity (Wildman–Crippen MR) is 77.5 cm³/mol. The molecule has 2 heterocycles. The molecule has 20 heavy (non-hydrogen) atoms. The lowest BCUT2D eigenvalue weighted by atomic mass is 10.2. The van der Waals surface area contributed by atoms with E-state index in [4.69, 9.17) is 4.74 Å². The van der Waals surface area contributed by atoms with Crippen LogP contribution in [-0.4, -0.2) is 43.0 Å². The Bertz CT molecular complexity index is 487. The summed E-state index contributed by atoms with van der Waals surface area (Å²) in [6, 6.07) is 3.79. The van der Waals surface area contributed by atoms with E-state index in [1.165, 1.54) is 12.0 Å². The molecule has 1 atom stereocenters. The van der Waals surface area contributed by atoms with E-state index in [0.717, 1.165) is 24.3 Å². The Balaban J connectivity index is 1.80. The molecule has 1 amide bonds. The van der Waals surface area contributed by atoms with Crippen molar-refractivity contribution in [3.8, 4) is 0 Å². The third-order valence-corrected chi connectivity index (χ3v) is 4.44. The van der Waals surface area contributed by atoms with Crippen molar-refractivity contribution < 1.29 is 14.3 Å². The molecule has 6 heteroatoms. The van der Waals surface area contributed by atoms with E-state index in [9.17, 15) is 9.59 Å². The predicted octanol–water partition coefficient (Wildman–Crippen LogP) is 1.31. The van der Waals surface area contributed by atoms with Crippen LogP contribution in [0.4, 0.5) is 0 Å². The number of carbonyl (C=O) groups is 2. The third kappa shape index (κ3) is 3.80. The number of esters is 1. The second-order valence-electron chi connectivity index (χ2n) is 4.94. The fraction of sp³-hybridized carbons (Fsp3) is 0.571. The Hall–Kier alpha value is -1.40. The maximum atomic E-state index is 11.9. The van der Waals surface area contributed by atoms with Crippen LogP contribution in [0.25, 0.3) is 0 Å². The third-order valence-electron chi connectivity index (χ3n) is 3.44. The summed E-state index contributed by atoms with van der Waals surface area (Å²) < 4.78 is 4.77. The fourth-order valence-corrected chi connectivity index (χ4v) is 3.25. The summed E-state index contributed by atoms with van der Waals surface area (Å²) in [6.07, 6.45) is 1.70. The molecule has 0 aliphatic carbocycles. The minimum Gasteiger partial charge on any atom is -0.468 e. The molecule has 1 saturated heterocycles.